The molecule has 0 radical (unpaired) electrons. The highest BCUT2D eigenvalue weighted by Gasteiger charge is 2.09. The summed E-state index contributed by atoms with van der Waals surface area (Å²) < 4.78 is 18.5. The minimum Gasteiger partial charge on any atom is -0.496 e. The van der Waals surface area contributed by atoms with E-state index in [0.717, 1.165) is 0 Å². The number of aliphatic hydroxyl groups excluding tert-OH is 1. The average Bonchev–Trinajstić information content (AvgIpc) is 2.39. The van der Waals surface area contributed by atoms with Gasteiger partial charge in [0.05, 0.1) is 19.4 Å². The van der Waals surface area contributed by atoms with Crippen LogP contribution in [-0.4, -0.2) is 28.8 Å². The van der Waals surface area contributed by atoms with Gasteiger partial charge in [-0.2, -0.15) is 0 Å². The molecule has 1 heterocycles. The zero-order valence-electron chi connectivity index (χ0n) is 9.93. The summed E-state index contributed by atoms with van der Waals surface area (Å²) in [5.74, 6) is 0.708. The number of aliphatic hydroxyl groups is 1. The van der Waals surface area contributed by atoms with E-state index in [1.807, 2.05) is 0 Å². The van der Waals surface area contributed by atoms with E-state index in [-0.39, 0.29) is 12.4 Å². The van der Waals surface area contributed by atoms with Gasteiger partial charge in [-0.15, -0.1) is 0 Å². The maximum Gasteiger partial charge on any atom is 0.131 e. The first-order valence-corrected chi connectivity index (χ1v) is 5.51. The SMILES string of the molecule is COc1ccc(F)cc1-c1ccnc(CCO)n1. The standard InChI is InChI=1S/C13H13FN2O2/c1-18-12-3-2-9(14)8-10(12)11-4-6-15-13(16-11)5-7-17/h2-4,6,8,17H,5,7H2,1H3. The Morgan fingerprint density at radius 3 is 2.89 bits per heavy atom. The molecule has 2 aromatic rings. The molecule has 0 aliphatic carbocycles. The molecule has 0 aliphatic heterocycles. The number of ether oxygens (including phenoxy) is 1. The molecule has 0 spiro atoms. The van der Waals surface area contributed by atoms with Gasteiger partial charge in [-0.05, 0) is 24.3 Å². The molecule has 0 aliphatic rings. The summed E-state index contributed by atoms with van der Waals surface area (Å²) >= 11 is 0. The van der Waals surface area contributed by atoms with Gasteiger partial charge in [0, 0.05) is 18.2 Å². The van der Waals surface area contributed by atoms with Crippen LogP contribution in [0.3, 0.4) is 0 Å². The molecule has 94 valence electrons. The maximum absolute atomic E-state index is 13.3. The summed E-state index contributed by atoms with van der Waals surface area (Å²) in [6.07, 6.45) is 1.95. The normalized spacial score (nSPS) is 10.4. The number of methoxy groups -OCH3 is 1. The van der Waals surface area contributed by atoms with Crippen LogP contribution in [-0.2, 0) is 6.42 Å². The lowest BCUT2D eigenvalue weighted by molar-refractivity contribution is 0.296. The zero-order valence-corrected chi connectivity index (χ0v) is 9.93. The van der Waals surface area contributed by atoms with Gasteiger partial charge in [-0.25, -0.2) is 14.4 Å². The van der Waals surface area contributed by atoms with E-state index in [1.54, 1.807) is 18.3 Å². The van der Waals surface area contributed by atoms with Crippen molar-refractivity contribution in [1.29, 1.82) is 0 Å². The lowest BCUT2D eigenvalue weighted by Gasteiger charge is -2.08. The van der Waals surface area contributed by atoms with Crippen molar-refractivity contribution in [2.75, 3.05) is 13.7 Å². The van der Waals surface area contributed by atoms with Crippen molar-refractivity contribution in [2.24, 2.45) is 0 Å². The van der Waals surface area contributed by atoms with Crippen molar-refractivity contribution in [1.82, 2.24) is 9.97 Å². The zero-order chi connectivity index (χ0) is 13.0. The fourth-order valence-corrected chi connectivity index (χ4v) is 1.65. The van der Waals surface area contributed by atoms with Gasteiger partial charge in [0.1, 0.15) is 17.4 Å². The number of halogens is 1. The third kappa shape index (κ3) is 2.62. The molecule has 2 rings (SSSR count). The van der Waals surface area contributed by atoms with Gasteiger partial charge in [0.15, 0.2) is 0 Å². The molecule has 0 amide bonds. The van der Waals surface area contributed by atoms with Gasteiger partial charge < -0.3 is 9.84 Å². The third-order valence-electron chi connectivity index (χ3n) is 2.48. The molecule has 1 aromatic carbocycles. The van der Waals surface area contributed by atoms with Crippen LogP contribution in [0.25, 0.3) is 11.3 Å². The number of rotatable bonds is 4. The quantitative estimate of drug-likeness (QED) is 0.896. The predicted octanol–water partition coefficient (Wildman–Crippen LogP) is 1.83. The number of hydrogen-bond acceptors (Lipinski definition) is 4. The molecule has 0 fully saturated rings. The van der Waals surface area contributed by atoms with E-state index in [4.69, 9.17) is 9.84 Å². The topological polar surface area (TPSA) is 55.2 Å². The van der Waals surface area contributed by atoms with Gasteiger partial charge in [0.25, 0.3) is 0 Å². The number of hydrogen-bond donors (Lipinski definition) is 1. The molecule has 0 bridgehead atoms. The Labute approximate surface area is 104 Å². The molecule has 4 nitrogen and oxygen atoms in total. The summed E-state index contributed by atoms with van der Waals surface area (Å²) in [5.41, 5.74) is 1.14. The lowest BCUT2D eigenvalue weighted by atomic mass is 10.1. The smallest absolute Gasteiger partial charge is 0.131 e. The highest BCUT2D eigenvalue weighted by atomic mass is 19.1. The molecule has 0 saturated carbocycles. The van der Waals surface area contributed by atoms with E-state index in [1.165, 1.54) is 19.2 Å². The first-order valence-electron chi connectivity index (χ1n) is 5.51. The Kier molecular flexibility index (Phi) is 3.84. The fourth-order valence-electron chi connectivity index (χ4n) is 1.65. The summed E-state index contributed by atoms with van der Waals surface area (Å²) in [6.45, 7) is -0.0241. The molecule has 18 heavy (non-hydrogen) atoms. The van der Waals surface area contributed by atoms with Crippen LogP contribution in [0, 0.1) is 5.82 Å². The van der Waals surface area contributed by atoms with Gasteiger partial charge in [0.2, 0.25) is 0 Å². The van der Waals surface area contributed by atoms with Crippen LogP contribution in [0.4, 0.5) is 4.39 Å². The fraction of sp³-hybridized carbons (Fsp3) is 0.231. The molecular weight excluding hydrogens is 235 g/mol. The van der Waals surface area contributed by atoms with Gasteiger partial charge >= 0.3 is 0 Å². The van der Waals surface area contributed by atoms with Crippen LogP contribution in [0.1, 0.15) is 5.82 Å². The Morgan fingerprint density at radius 2 is 2.17 bits per heavy atom. The summed E-state index contributed by atoms with van der Waals surface area (Å²) in [7, 11) is 1.52. The van der Waals surface area contributed by atoms with Crippen molar-refractivity contribution < 1.29 is 14.2 Å². The van der Waals surface area contributed by atoms with Crippen molar-refractivity contribution in [3.63, 3.8) is 0 Å². The Hall–Kier alpha value is -2.01. The Morgan fingerprint density at radius 1 is 1.33 bits per heavy atom. The van der Waals surface area contributed by atoms with E-state index in [2.05, 4.69) is 9.97 Å². The van der Waals surface area contributed by atoms with Crippen molar-refractivity contribution in [3.8, 4) is 17.0 Å². The van der Waals surface area contributed by atoms with E-state index in [9.17, 15) is 4.39 Å². The lowest BCUT2D eigenvalue weighted by Crippen LogP contribution is -2.00. The number of nitrogens with zero attached hydrogens (tertiary/aromatic N) is 2. The van der Waals surface area contributed by atoms with E-state index in [0.29, 0.717) is 29.3 Å². The monoisotopic (exact) mass is 248 g/mol. The maximum atomic E-state index is 13.3. The second-order valence-electron chi connectivity index (χ2n) is 3.68. The molecular formula is C13H13FN2O2. The van der Waals surface area contributed by atoms with Crippen LogP contribution in [0.5, 0.6) is 5.75 Å². The molecule has 1 aromatic heterocycles. The van der Waals surface area contributed by atoms with Crippen molar-refractivity contribution in [3.05, 3.63) is 42.1 Å². The Balaban J connectivity index is 2.47. The van der Waals surface area contributed by atoms with Crippen molar-refractivity contribution >= 4 is 0 Å². The third-order valence-corrected chi connectivity index (χ3v) is 2.48. The summed E-state index contributed by atoms with van der Waals surface area (Å²) in [5, 5.41) is 8.86. The highest BCUT2D eigenvalue weighted by molar-refractivity contribution is 5.66. The van der Waals surface area contributed by atoms with Gasteiger partial charge in [-0.3, -0.25) is 0 Å². The minimum atomic E-state index is -0.354. The minimum absolute atomic E-state index is 0.0241. The van der Waals surface area contributed by atoms with Crippen LogP contribution in [0.15, 0.2) is 30.5 Å². The Bertz CT molecular complexity index is 546. The summed E-state index contributed by atoms with van der Waals surface area (Å²) in [4.78, 5) is 8.29. The average molecular weight is 248 g/mol. The molecule has 0 unspecified atom stereocenters. The predicted molar refractivity (Wildman–Crippen MR) is 64.8 cm³/mol. The second-order valence-corrected chi connectivity index (χ2v) is 3.68. The van der Waals surface area contributed by atoms with E-state index >= 15 is 0 Å². The summed E-state index contributed by atoms with van der Waals surface area (Å²) in [6, 6.07) is 5.93. The number of aromatic nitrogens is 2. The largest absolute Gasteiger partial charge is 0.496 e. The molecule has 1 N–H and O–H groups in total. The first kappa shape index (κ1) is 12.4. The van der Waals surface area contributed by atoms with E-state index < -0.39 is 0 Å². The molecule has 0 saturated heterocycles. The molecule has 5 heteroatoms. The van der Waals surface area contributed by atoms with Crippen LogP contribution < -0.4 is 4.74 Å². The van der Waals surface area contributed by atoms with Crippen LogP contribution in [0.2, 0.25) is 0 Å². The van der Waals surface area contributed by atoms with Crippen molar-refractivity contribution in [2.45, 2.75) is 6.42 Å². The molecule has 0 atom stereocenters. The highest BCUT2D eigenvalue weighted by Crippen LogP contribution is 2.28. The number of benzene rings is 1. The second kappa shape index (κ2) is 5.55. The first-order chi connectivity index (χ1) is 8.74. The van der Waals surface area contributed by atoms with Gasteiger partial charge in [-0.1, -0.05) is 0 Å². The van der Waals surface area contributed by atoms with Crippen LogP contribution >= 0.6 is 0 Å².